The van der Waals surface area contributed by atoms with Crippen molar-refractivity contribution in [1.82, 2.24) is 0 Å². The van der Waals surface area contributed by atoms with Gasteiger partial charge < -0.3 is 10.1 Å². The van der Waals surface area contributed by atoms with Crippen molar-refractivity contribution >= 4 is 11.4 Å². The molecule has 0 radical (unpaired) electrons. The molecule has 0 amide bonds. The molecule has 1 aliphatic rings. The Hall–Kier alpha value is -2.13. The van der Waals surface area contributed by atoms with Crippen molar-refractivity contribution in [3.63, 3.8) is 0 Å². The number of nitrogens with zero attached hydrogens (tertiary/aromatic N) is 2. The zero-order chi connectivity index (χ0) is 13.7. The molecule has 1 atom stereocenters. The summed E-state index contributed by atoms with van der Waals surface area (Å²) in [5.41, 5.74) is 0.325. The molecular formula is C13H15N3O3. The lowest BCUT2D eigenvalue weighted by molar-refractivity contribution is -0.384. The number of nitro groups is 1. The quantitative estimate of drug-likeness (QED) is 0.663. The summed E-state index contributed by atoms with van der Waals surface area (Å²) in [5, 5.41) is 23.0. The van der Waals surface area contributed by atoms with E-state index in [1.54, 1.807) is 12.1 Å². The van der Waals surface area contributed by atoms with Crippen LogP contribution in [0, 0.1) is 27.4 Å². The van der Waals surface area contributed by atoms with Crippen LogP contribution < -0.4 is 5.32 Å². The van der Waals surface area contributed by atoms with Crippen LogP contribution in [0.15, 0.2) is 18.2 Å². The van der Waals surface area contributed by atoms with Gasteiger partial charge in [0.2, 0.25) is 0 Å². The fourth-order valence-corrected chi connectivity index (χ4v) is 2.20. The van der Waals surface area contributed by atoms with Crippen molar-refractivity contribution < 1.29 is 9.66 Å². The van der Waals surface area contributed by atoms with E-state index in [1.165, 1.54) is 6.07 Å². The second-order valence-electron chi connectivity index (χ2n) is 4.53. The summed E-state index contributed by atoms with van der Waals surface area (Å²) in [6.45, 7) is 2.09. The number of nitriles is 1. The van der Waals surface area contributed by atoms with E-state index in [2.05, 4.69) is 5.32 Å². The molecule has 0 aliphatic carbocycles. The minimum Gasteiger partial charge on any atom is -0.381 e. The number of nitrogens with one attached hydrogen (secondary N) is 1. The van der Waals surface area contributed by atoms with Crippen LogP contribution in [0.25, 0.3) is 0 Å². The van der Waals surface area contributed by atoms with Crippen LogP contribution in [-0.2, 0) is 4.74 Å². The van der Waals surface area contributed by atoms with Crippen molar-refractivity contribution in [2.45, 2.75) is 12.8 Å². The van der Waals surface area contributed by atoms with E-state index in [0.29, 0.717) is 24.8 Å². The third-order valence-corrected chi connectivity index (χ3v) is 3.17. The Balaban J connectivity index is 2.11. The Morgan fingerprint density at radius 2 is 2.42 bits per heavy atom. The molecule has 19 heavy (non-hydrogen) atoms. The van der Waals surface area contributed by atoms with E-state index in [4.69, 9.17) is 10.00 Å². The third-order valence-electron chi connectivity index (χ3n) is 3.17. The Morgan fingerprint density at radius 1 is 1.58 bits per heavy atom. The minimum atomic E-state index is -0.516. The predicted molar refractivity (Wildman–Crippen MR) is 69.8 cm³/mol. The van der Waals surface area contributed by atoms with Crippen LogP contribution >= 0.6 is 0 Å². The Kier molecular flexibility index (Phi) is 4.31. The molecular weight excluding hydrogens is 246 g/mol. The lowest BCUT2D eigenvalue weighted by Crippen LogP contribution is -2.24. The molecule has 0 bridgehead atoms. The zero-order valence-electron chi connectivity index (χ0n) is 10.5. The summed E-state index contributed by atoms with van der Waals surface area (Å²) in [4.78, 5) is 10.5. The van der Waals surface area contributed by atoms with Crippen molar-refractivity contribution in [3.8, 4) is 6.07 Å². The van der Waals surface area contributed by atoms with Gasteiger partial charge in [0.05, 0.1) is 11.5 Å². The Bertz CT molecular complexity index is 504. The van der Waals surface area contributed by atoms with Gasteiger partial charge in [-0.1, -0.05) is 6.07 Å². The highest BCUT2D eigenvalue weighted by Gasteiger charge is 2.21. The maximum atomic E-state index is 11.0. The van der Waals surface area contributed by atoms with Crippen molar-refractivity contribution in [2.75, 3.05) is 25.1 Å². The predicted octanol–water partition coefficient (Wildman–Crippen LogP) is 2.30. The first-order chi connectivity index (χ1) is 9.22. The van der Waals surface area contributed by atoms with Gasteiger partial charge in [0.1, 0.15) is 17.3 Å². The van der Waals surface area contributed by atoms with Gasteiger partial charge in [-0.25, -0.2) is 0 Å². The first kappa shape index (κ1) is 13.3. The van der Waals surface area contributed by atoms with Gasteiger partial charge in [0.25, 0.3) is 0 Å². The molecule has 1 aliphatic heterocycles. The molecule has 6 heteroatoms. The number of anilines is 1. The standard InChI is InChI=1S/C13H15N3O3/c14-7-11-4-1-5-12(13(11)16(17)18)15-8-10-3-2-6-19-9-10/h1,4-5,10,15H,2-3,6,8-9H2. The summed E-state index contributed by atoms with van der Waals surface area (Å²) in [6.07, 6.45) is 2.07. The second-order valence-corrected chi connectivity index (χ2v) is 4.53. The summed E-state index contributed by atoms with van der Waals surface area (Å²) in [6, 6.07) is 6.57. The zero-order valence-corrected chi connectivity index (χ0v) is 10.5. The fourth-order valence-electron chi connectivity index (χ4n) is 2.20. The lowest BCUT2D eigenvalue weighted by atomic mass is 10.0. The molecule has 2 rings (SSSR count). The summed E-state index contributed by atoms with van der Waals surface area (Å²) >= 11 is 0. The maximum Gasteiger partial charge on any atom is 0.309 e. The summed E-state index contributed by atoms with van der Waals surface area (Å²) < 4.78 is 5.37. The molecule has 1 unspecified atom stereocenters. The number of rotatable bonds is 4. The molecule has 1 heterocycles. The molecule has 0 saturated carbocycles. The average Bonchev–Trinajstić information content (AvgIpc) is 2.45. The number of nitro benzene ring substituents is 1. The number of hydrogen-bond acceptors (Lipinski definition) is 5. The average molecular weight is 261 g/mol. The SMILES string of the molecule is N#Cc1cccc(NCC2CCCOC2)c1[N+](=O)[O-]. The number of ether oxygens (including phenoxy) is 1. The molecule has 1 aromatic carbocycles. The molecule has 0 spiro atoms. The molecule has 1 fully saturated rings. The van der Waals surface area contributed by atoms with E-state index in [1.807, 2.05) is 6.07 Å². The van der Waals surface area contributed by atoms with E-state index in [0.717, 1.165) is 19.4 Å². The van der Waals surface area contributed by atoms with Crippen molar-refractivity contribution in [3.05, 3.63) is 33.9 Å². The van der Waals surface area contributed by atoms with Crippen LogP contribution in [0.2, 0.25) is 0 Å². The highest BCUT2D eigenvalue weighted by molar-refractivity contribution is 5.68. The Labute approximate surface area is 111 Å². The van der Waals surface area contributed by atoms with E-state index >= 15 is 0 Å². The smallest absolute Gasteiger partial charge is 0.309 e. The topological polar surface area (TPSA) is 88.2 Å². The summed E-state index contributed by atoms with van der Waals surface area (Å²) in [7, 11) is 0. The van der Waals surface area contributed by atoms with Gasteiger partial charge in [-0.2, -0.15) is 5.26 Å². The molecule has 100 valence electrons. The molecule has 6 nitrogen and oxygen atoms in total. The van der Waals surface area contributed by atoms with E-state index in [-0.39, 0.29) is 11.3 Å². The highest BCUT2D eigenvalue weighted by Crippen LogP contribution is 2.28. The third kappa shape index (κ3) is 3.20. The number of benzene rings is 1. The Morgan fingerprint density at radius 3 is 3.05 bits per heavy atom. The molecule has 0 aromatic heterocycles. The van der Waals surface area contributed by atoms with E-state index < -0.39 is 4.92 Å². The minimum absolute atomic E-state index is 0.0786. The van der Waals surface area contributed by atoms with Gasteiger partial charge in [0, 0.05) is 13.2 Å². The first-order valence-electron chi connectivity index (χ1n) is 6.21. The lowest BCUT2D eigenvalue weighted by Gasteiger charge is -2.22. The van der Waals surface area contributed by atoms with E-state index in [9.17, 15) is 10.1 Å². The first-order valence-corrected chi connectivity index (χ1v) is 6.21. The molecule has 1 aromatic rings. The normalized spacial score (nSPS) is 18.6. The monoisotopic (exact) mass is 261 g/mol. The highest BCUT2D eigenvalue weighted by atomic mass is 16.6. The summed E-state index contributed by atoms with van der Waals surface area (Å²) in [5.74, 6) is 0.360. The van der Waals surface area contributed by atoms with Gasteiger partial charge in [-0.05, 0) is 30.9 Å². The van der Waals surface area contributed by atoms with Crippen LogP contribution in [-0.4, -0.2) is 24.7 Å². The van der Waals surface area contributed by atoms with Gasteiger partial charge >= 0.3 is 5.69 Å². The number of hydrogen-bond donors (Lipinski definition) is 1. The van der Waals surface area contributed by atoms with Gasteiger partial charge in [0.15, 0.2) is 0 Å². The van der Waals surface area contributed by atoms with Gasteiger partial charge in [-0.3, -0.25) is 10.1 Å². The second kappa shape index (κ2) is 6.16. The van der Waals surface area contributed by atoms with Crippen molar-refractivity contribution in [2.24, 2.45) is 5.92 Å². The fraction of sp³-hybridized carbons (Fsp3) is 0.462. The maximum absolute atomic E-state index is 11.0. The van der Waals surface area contributed by atoms with Crippen LogP contribution in [0.5, 0.6) is 0 Å². The van der Waals surface area contributed by atoms with Crippen LogP contribution in [0.4, 0.5) is 11.4 Å². The number of para-hydroxylation sites is 1. The molecule has 1 N–H and O–H groups in total. The van der Waals surface area contributed by atoms with Crippen LogP contribution in [0.3, 0.4) is 0 Å². The van der Waals surface area contributed by atoms with Crippen LogP contribution in [0.1, 0.15) is 18.4 Å². The largest absolute Gasteiger partial charge is 0.381 e. The van der Waals surface area contributed by atoms with Crippen molar-refractivity contribution in [1.29, 1.82) is 5.26 Å². The van der Waals surface area contributed by atoms with Gasteiger partial charge in [-0.15, -0.1) is 0 Å². The molecule has 1 saturated heterocycles.